The number of nitrogens with two attached hydrogens (primary N) is 3. The number of Topliss-reactive ketones (excluding diaryl/α,β-unsaturated/α-hetero) is 1. The van der Waals surface area contributed by atoms with Crippen LogP contribution in [0, 0.1) is 13.8 Å². The van der Waals surface area contributed by atoms with E-state index in [1.54, 1.807) is 33.5 Å². The van der Waals surface area contributed by atoms with Crippen LogP contribution in [0.4, 0.5) is 5.13 Å². The van der Waals surface area contributed by atoms with E-state index in [4.69, 9.17) is 57.7 Å². The summed E-state index contributed by atoms with van der Waals surface area (Å²) in [6.45, 7) is 3.77. The second kappa shape index (κ2) is 30.9. The molecule has 0 atom stereocenters. The van der Waals surface area contributed by atoms with Gasteiger partial charge in [-0.2, -0.15) is 0 Å². The molecule has 0 saturated heterocycles. The molecule has 7 rings (SSSR count). The van der Waals surface area contributed by atoms with Crippen molar-refractivity contribution in [3.63, 3.8) is 0 Å². The minimum absolute atomic E-state index is 0.116. The van der Waals surface area contributed by atoms with Crippen LogP contribution in [-0.2, 0) is 52.9 Å². The number of ether oxygens (including phenoxy) is 3. The Bertz CT molecular complexity index is 2580. The van der Waals surface area contributed by atoms with Crippen molar-refractivity contribution < 1.29 is 37.4 Å². The van der Waals surface area contributed by atoms with Crippen LogP contribution in [0.3, 0.4) is 0 Å². The molecule has 4 aromatic heterocycles. The van der Waals surface area contributed by atoms with Gasteiger partial charge in [-0.1, -0.05) is 47.7 Å². The first-order chi connectivity index (χ1) is 32.6. The number of hydrogen-bond donors (Lipinski definition) is 4. The molecule has 3 aromatic carbocycles. The van der Waals surface area contributed by atoms with Crippen molar-refractivity contribution in [1.29, 1.82) is 0 Å². The van der Waals surface area contributed by atoms with E-state index in [2.05, 4.69) is 38.5 Å². The summed E-state index contributed by atoms with van der Waals surface area (Å²) >= 11 is 17.5. The van der Waals surface area contributed by atoms with Crippen molar-refractivity contribution in [2.45, 2.75) is 65.2 Å². The number of hydrogen-bond acceptors (Lipinski definition) is 17. The lowest BCUT2D eigenvalue weighted by Crippen LogP contribution is -2.34. The first-order valence-corrected chi connectivity index (χ1v) is 23.4. The molecule has 0 radical (unpaired) electrons. The van der Waals surface area contributed by atoms with Crippen LogP contribution in [0.1, 0.15) is 67.6 Å². The Morgan fingerprint density at radius 1 is 0.603 bits per heavy atom. The molecule has 362 valence electrons. The second-order valence-electron chi connectivity index (χ2n) is 14.2. The summed E-state index contributed by atoms with van der Waals surface area (Å²) in [6.07, 6.45) is 4.10. The fourth-order valence-electron chi connectivity index (χ4n) is 5.49. The Morgan fingerprint density at radius 2 is 1.01 bits per heavy atom. The highest BCUT2D eigenvalue weighted by atomic mass is 35.5. The zero-order chi connectivity index (χ0) is 49.8. The van der Waals surface area contributed by atoms with Crippen LogP contribution < -0.4 is 36.9 Å². The first-order valence-electron chi connectivity index (χ1n) is 20.6. The standard InChI is InChI=1S/C19H20N2O3S.C10H11N3OS.C9H9ClO2.C8H9ClO2.CH5N3S/c1-13-3-7-17(24-13)10-6-15(22)12-19-21-20-18(25-19)11-14-4-8-16(23-2)9-5-14;1-14-8-4-2-7(3-5-8)6-9-12-13-10(11)15-9;1-12-8-4-2-7(3-5-8)6-9(10)11;1-6-2-3-7(11-6)4-5-8(9)10;2-1(5)4-3/h3-5,7-9H,6,10-12H2,1-2H3;2-5H,6H2,1H3,(H2,11,13);2-5H,6H2,1H3;2-3H,4-5H2,1H3;3H2,(H3,2,4,5). The first kappa shape index (κ1) is 56.1. The number of aryl methyl sites for hydroxylation is 4. The minimum atomic E-state index is -0.347. The highest BCUT2D eigenvalue weighted by Gasteiger charge is 2.12. The van der Waals surface area contributed by atoms with Crippen molar-refractivity contribution in [3.8, 4) is 17.2 Å². The van der Waals surface area contributed by atoms with Crippen molar-refractivity contribution in [1.82, 2.24) is 25.8 Å². The highest BCUT2D eigenvalue weighted by molar-refractivity contribution is 7.80. The number of ketones is 1. The molecule has 0 fully saturated rings. The molecule has 0 aliphatic carbocycles. The van der Waals surface area contributed by atoms with E-state index in [-0.39, 0.29) is 27.8 Å². The lowest BCUT2D eigenvalue weighted by Gasteiger charge is -2.00. The number of methoxy groups -OCH3 is 3. The number of aromatic nitrogens is 4. The van der Waals surface area contributed by atoms with Crippen molar-refractivity contribution in [3.05, 3.63) is 152 Å². The Hall–Kier alpha value is -6.22. The summed E-state index contributed by atoms with van der Waals surface area (Å²) in [5, 5.41) is 18.6. The van der Waals surface area contributed by atoms with Crippen LogP contribution in [0.15, 0.2) is 106 Å². The van der Waals surface area contributed by atoms with Crippen molar-refractivity contribution in [2.75, 3.05) is 27.1 Å². The summed E-state index contributed by atoms with van der Waals surface area (Å²) in [6, 6.07) is 30.6. The molecule has 68 heavy (non-hydrogen) atoms. The Morgan fingerprint density at radius 3 is 1.38 bits per heavy atom. The molecule has 7 N–H and O–H groups in total. The zero-order valence-electron chi connectivity index (χ0n) is 38.2. The van der Waals surface area contributed by atoms with Gasteiger partial charge in [0.05, 0.1) is 27.8 Å². The van der Waals surface area contributed by atoms with Gasteiger partial charge in [0.25, 0.3) is 0 Å². The molecule has 0 amide bonds. The molecule has 0 aliphatic rings. The Balaban J connectivity index is 0.000000245. The van der Waals surface area contributed by atoms with Crippen LogP contribution in [0.5, 0.6) is 17.2 Å². The third-order valence-corrected chi connectivity index (χ3v) is 10.9. The highest BCUT2D eigenvalue weighted by Crippen LogP contribution is 2.20. The third-order valence-electron chi connectivity index (χ3n) is 8.82. The van der Waals surface area contributed by atoms with Gasteiger partial charge < -0.3 is 39.9 Å². The normalized spacial score (nSPS) is 10.0. The van der Waals surface area contributed by atoms with Gasteiger partial charge in [0.15, 0.2) is 5.11 Å². The number of benzene rings is 3. The van der Waals surface area contributed by atoms with Gasteiger partial charge in [0.2, 0.25) is 15.6 Å². The fourth-order valence-corrected chi connectivity index (χ4v) is 7.29. The average molecular weight is 1030 g/mol. The van der Waals surface area contributed by atoms with Crippen LogP contribution in [0.2, 0.25) is 0 Å². The molecule has 0 bridgehead atoms. The van der Waals surface area contributed by atoms with Gasteiger partial charge in [-0.05, 0) is 127 Å². The Kier molecular flexibility index (Phi) is 25.5. The number of carbonyl (C=O) groups excluding carboxylic acids is 3. The van der Waals surface area contributed by atoms with Crippen molar-refractivity contribution in [2.24, 2.45) is 11.6 Å². The third kappa shape index (κ3) is 23.5. The number of furan rings is 2. The lowest BCUT2D eigenvalue weighted by molar-refractivity contribution is -0.118. The average Bonchev–Trinajstić information content (AvgIpc) is 4.16. The summed E-state index contributed by atoms with van der Waals surface area (Å²) in [5.41, 5.74) is 15.5. The summed E-state index contributed by atoms with van der Waals surface area (Å²) in [7, 11) is 4.90. The van der Waals surface area contributed by atoms with Gasteiger partial charge in [-0.15, -0.1) is 31.7 Å². The van der Waals surface area contributed by atoms with Gasteiger partial charge in [0, 0.05) is 44.9 Å². The van der Waals surface area contributed by atoms with Gasteiger partial charge in [-0.3, -0.25) is 14.4 Å². The van der Waals surface area contributed by atoms with E-state index in [0.717, 1.165) is 72.9 Å². The number of carbonyl (C=O) groups is 3. The van der Waals surface area contributed by atoms with E-state index in [0.29, 0.717) is 43.7 Å². The molecule has 0 unspecified atom stereocenters. The largest absolute Gasteiger partial charge is 0.497 e. The predicted molar refractivity (Wildman–Crippen MR) is 271 cm³/mol. The van der Waals surface area contributed by atoms with Gasteiger partial charge in [0.1, 0.15) is 61.1 Å². The topological polar surface area (TPSA) is 247 Å². The number of nitrogens with one attached hydrogen (secondary N) is 1. The second-order valence-corrected chi connectivity index (χ2v) is 17.7. The maximum atomic E-state index is 12.1. The summed E-state index contributed by atoms with van der Waals surface area (Å²) in [5.74, 6) is 10.7. The number of anilines is 1. The molecular weight excluding hydrogens is 972 g/mol. The Labute approximate surface area is 418 Å². The number of thiocarbonyl (C=S) groups is 1. The molecular formula is C47H54Cl2N8O8S3. The predicted octanol–water partition coefficient (Wildman–Crippen LogP) is 8.49. The molecule has 4 heterocycles. The van der Waals surface area contributed by atoms with Crippen LogP contribution >= 0.6 is 58.1 Å². The van der Waals surface area contributed by atoms with E-state index in [9.17, 15) is 14.4 Å². The number of nitrogens with zero attached hydrogens (tertiary/aromatic N) is 4. The molecule has 21 heteroatoms. The monoisotopic (exact) mass is 1020 g/mol. The molecule has 0 aliphatic heterocycles. The smallest absolute Gasteiger partial charge is 0.226 e. The number of hydrazine groups is 1. The number of nitrogen functional groups attached to an aromatic ring is 1. The molecule has 0 saturated carbocycles. The lowest BCUT2D eigenvalue weighted by atomic mass is 10.1. The minimum Gasteiger partial charge on any atom is -0.497 e. The van der Waals surface area contributed by atoms with E-state index in [1.165, 1.54) is 28.2 Å². The molecule has 16 nitrogen and oxygen atoms in total. The van der Waals surface area contributed by atoms with Crippen LogP contribution in [-0.4, -0.2) is 63.1 Å². The number of halogens is 2. The van der Waals surface area contributed by atoms with E-state index >= 15 is 0 Å². The zero-order valence-corrected chi connectivity index (χ0v) is 42.1. The maximum Gasteiger partial charge on any atom is 0.226 e. The fraction of sp³-hybridized carbons (Fsp3) is 0.277. The summed E-state index contributed by atoms with van der Waals surface area (Å²) < 4.78 is 25.9. The van der Waals surface area contributed by atoms with Crippen molar-refractivity contribution >= 4 is 84.6 Å². The SMILES string of the molecule is COc1ccc(CC(=O)Cl)cc1.COc1ccc(Cc2nnc(CC(=O)CCc3ccc(C)o3)s2)cc1.COc1ccc(Cc2nnc(N)s2)cc1.Cc1ccc(CCC(=O)Cl)o1.NNC(N)=S. The maximum absolute atomic E-state index is 12.1. The van der Waals surface area contributed by atoms with Crippen LogP contribution in [0.25, 0.3) is 0 Å². The van der Waals surface area contributed by atoms with Gasteiger partial charge >= 0.3 is 0 Å². The van der Waals surface area contributed by atoms with E-state index < -0.39 is 0 Å². The quantitative estimate of drug-likeness (QED) is 0.0289. The molecule has 7 aromatic rings. The number of rotatable bonds is 17. The summed E-state index contributed by atoms with van der Waals surface area (Å²) in [4.78, 5) is 33.0. The van der Waals surface area contributed by atoms with E-state index in [1.807, 2.05) is 104 Å². The van der Waals surface area contributed by atoms with Gasteiger partial charge in [-0.25, -0.2) is 5.84 Å². The molecule has 0 spiro atoms.